The quantitative estimate of drug-likeness (QED) is 0.155. The number of hydrogen-bond acceptors (Lipinski definition) is 3. The Morgan fingerprint density at radius 3 is 1.38 bits per heavy atom. The molecule has 2 atom stereocenters. The van der Waals surface area contributed by atoms with Crippen LogP contribution in [0, 0.1) is 0 Å². The Balaban J connectivity index is 0.00000782. The Kier molecular flexibility index (Phi) is 14.0. The molecule has 0 aliphatic carbocycles. The lowest BCUT2D eigenvalue weighted by atomic mass is 9.75. The molecule has 6 aromatic rings. The van der Waals surface area contributed by atoms with Gasteiger partial charge in [-0.15, -0.1) is 17.0 Å². The van der Waals surface area contributed by atoms with Crippen molar-refractivity contribution in [1.82, 2.24) is 4.90 Å². The third-order valence-corrected chi connectivity index (χ3v) is 12.8. The lowest BCUT2D eigenvalue weighted by Gasteiger charge is -2.37. The van der Waals surface area contributed by atoms with Gasteiger partial charge in [0.25, 0.3) is 0 Å². The Morgan fingerprint density at radius 2 is 0.942 bits per heavy atom. The maximum Gasteiger partial charge on any atom is 0.416 e. The van der Waals surface area contributed by atoms with Crippen molar-refractivity contribution >= 4 is 27.8 Å². The molecule has 1 aliphatic rings. The molecule has 1 heterocycles. The molecular weight excluding hydrogens is 990 g/mol. The smallest absolute Gasteiger partial charge is 0.416 e. The molecule has 0 saturated carbocycles. The molecular formula is C53H50BrF12NO2. The normalized spacial score (nSPS) is 15.5. The molecule has 0 amide bonds. The van der Waals surface area contributed by atoms with Gasteiger partial charge in [0.05, 0.1) is 36.5 Å². The van der Waals surface area contributed by atoms with E-state index in [0.717, 1.165) is 16.3 Å². The number of hydrogen-bond donors (Lipinski definition) is 0. The van der Waals surface area contributed by atoms with Crippen LogP contribution in [0.5, 0.6) is 11.5 Å². The van der Waals surface area contributed by atoms with E-state index in [-0.39, 0.29) is 80.5 Å². The van der Waals surface area contributed by atoms with E-state index in [2.05, 4.69) is 0 Å². The largest absolute Gasteiger partial charge is 0.496 e. The lowest BCUT2D eigenvalue weighted by Crippen LogP contribution is -2.30. The summed E-state index contributed by atoms with van der Waals surface area (Å²) in [6.07, 6.45) is -20.9. The first kappa shape index (κ1) is 53.1. The Labute approximate surface area is 403 Å². The van der Waals surface area contributed by atoms with E-state index in [4.69, 9.17) is 9.47 Å². The van der Waals surface area contributed by atoms with Gasteiger partial charge in [-0.2, -0.15) is 52.7 Å². The van der Waals surface area contributed by atoms with E-state index >= 15 is 0 Å². The summed E-state index contributed by atoms with van der Waals surface area (Å²) in [6, 6.07) is 17.4. The van der Waals surface area contributed by atoms with Gasteiger partial charge in [-0.3, -0.25) is 4.90 Å². The molecule has 0 bridgehead atoms. The number of rotatable bonds is 6. The zero-order valence-electron chi connectivity index (χ0n) is 39.2. The fourth-order valence-electron chi connectivity index (χ4n) is 9.52. The number of alkyl halides is 12. The van der Waals surface area contributed by atoms with Gasteiger partial charge in [0.2, 0.25) is 0 Å². The SMILES string of the molecule is Br.COc1c(C(C)(C)C)cc2c(c1-c1cc(C(F)(F)F)cc(C(F)(F)F)c1)CN(C(C)c1cccc3ccccc13)[C@H](C)c1c-2cc(C(C)(C)C)c(OC)c1-c1cc(C(F)(F)F)cc(C(F)(F)F)c1. The Morgan fingerprint density at radius 1 is 0.536 bits per heavy atom. The summed E-state index contributed by atoms with van der Waals surface area (Å²) < 4.78 is 189. The van der Waals surface area contributed by atoms with Crippen molar-refractivity contribution < 1.29 is 62.2 Å². The minimum absolute atomic E-state index is 0. The van der Waals surface area contributed by atoms with Crippen LogP contribution in [-0.4, -0.2) is 19.1 Å². The van der Waals surface area contributed by atoms with Gasteiger partial charge < -0.3 is 9.47 Å². The van der Waals surface area contributed by atoms with Gasteiger partial charge in [-0.1, -0.05) is 84.0 Å². The number of fused-ring (bicyclic) bond motifs is 4. The summed E-state index contributed by atoms with van der Waals surface area (Å²) in [7, 11) is 2.52. The maximum absolute atomic E-state index is 14.7. The van der Waals surface area contributed by atoms with Crippen LogP contribution in [-0.2, 0) is 42.1 Å². The zero-order chi connectivity index (χ0) is 50.4. The first-order valence-electron chi connectivity index (χ1n) is 21.6. The van der Waals surface area contributed by atoms with E-state index in [1.807, 2.05) is 54.3 Å². The molecule has 3 nitrogen and oxygen atoms in total. The van der Waals surface area contributed by atoms with Gasteiger partial charge >= 0.3 is 24.7 Å². The maximum atomic E-state index is 14.7. The summed E-state index contributed by atoms with van der Waals surface area (Å²) in [6.45, 7) is 14.0. The van der Waals surface area contributed by atoms with Crippen LogP contribution < -0.4 is 9.47 Å². The van der Waals surface area contributed by atoms with Crippen molar-refractivity contribution in [3.8, 4) is 44.9 Å². The van der Waals surface area contributed by atoms with Gasteiger partial charge in [0.15, 0.2) is 0 Å². The summed E-state index contributed by atoms with van der Waals surface area (Å²) >= 11 is 0. The second-order valence-corrected chi connectivity index (χ2v) is 19.3. The summed E-state index contributed by atoms with van der Waals surface area (Å²) in [5.41, 5.74) is -6.93. The van der Waals surface area contributed by atoms with Crippen LogP contribution in [0.1, 0.15) is 118 Å². The molecule has 7 rings (SSSR count). The first-order valence-corrected chi connectivity index (χ1v) is 21.6. The molecule has 69 heavy (non-hydrogen) atoms. The van der Waals surface area contributed by atoms with Crippen molar-refractivity contribution in [2.75, 3.05) is 14.2 Å². The van der Waals surface area contributed by atoms with Crippen LogP contribution in [0.4, 0.5) is 52.7 Å². The highest BCUT2D eigenvalue weighted by molar-refractivity contribution is 8.93. The van der Waals surface area contributed by atoms with Gasteiger partial charge in [-0.25, -0.2) is 0 Å². The number of ether oxygens (including phenoxy) is 2. The fraction of sp³-hybridized carbons (Fsp3) is 0.358. The van der Waals surface area contributed by atoms with Crippen LogP contribution in [0.25, 0.3) is 44.2 Å². The summed E-state index contributed by atoms with van der Waals surface area (Å²) in [5.74, 6) is -0.0377. The average Bonchev–Trinajstić information content (AvgIpc) is 3.35. The molecule has 6 aromatic carbocycles. The average molecular weight is 1040 g/mol. The molecule has 1 aliphatic heterocycles. The molecule has 1 unspecified atom stereocenters. The summed E-state index contributed by atoms with van der Waals surface area (Å²) in [5, 5.41) is 1.63. The van der Waals surface area contributed by atoms with Crippen molar-refractivity contribution in [2.45, 2.75) is 110 Å². The van der Waals surface area contributed by atoms with Crippen molar-refractivity contribution in [1.29, 1.82) is 0 Å². The minimum atomic E-state index is -5.23. The first-order chi connectivity index (χ1) is 31.3. The zero-order valence-corrected chi connectivity index (χ0v) is 40.9. The highest BCUT2D eigenvalue weighted by Gasteiger charge is 2.43. The van der Waals surface area contributed by atoms with Gasteiger partial charge in [0.1, 0.15) is 11.5 Å². The highest BCUT2D eigenvalue weighted by atomic mass is 79.9. The second kappa shape index (κ2) is 18.2. The fourth-order valence-corrected chi connectivity index (χ4v) is 9.52. The Bertz CT molecular complexity index is 2850. The predicted octanol–water partition coefficient (Wildman–Crippen LogP) is 17.7. The summed E-state index contributed by atoms with van der Waals surface area (Å²) in [4.78, 5) is 1.89. The molecule has 0 aromatic heterocycles. The van der Waals surface area contributed by atoms with Crippen molar-refractivity contribution in [2.24, 2.45) is 0 Å². The van der Waals surface area contributed by atoms with Crippen LogP contribution in [0.3, 0.4) is 0 Å². The third kappa shape index (κ3) is 10.1. The van der Waals surface area contributed by atoms with E-state index in [1.165, 1.54) is 14.2 Å². The minimum Gasteiger partial charge on any atom is -0.496 e. The Hall–Kier alpha value is -5.22. The standard InChI is InChI=1S/C53H49F12NO2.BrH/c1-27(36-17-13-15-29-14-11-12-16-37(29)36)66-26-40-38(24-41(48(3,4)5)46(67-9)44(40)30-18-32(50(54,55)56)22-33(19-30)51(57,58)59)39-25-42(49(6,7)8)47(68-10)45(43(39)28(66)2)31-20-34(52(60,61)62)23-35(21-31)53(63,64)65;/h11-25,27-28H,26H2,1-10H3;1H/t27?,28-;/m1./s1. The van der Waals surface area contributed by atoms with Gasteiger partial charge in [0, 0.05) is 40.9 Å². The van der Waals surface area contributed by atoms with Crippen LogP contribution in [0.2, 0.25) is 0 Å². The molecule has 16 heteroatoms. The van der Waals surface area contributed by atoms with Crippen molar-refractivity contribution in [3.63, 3.8) is 0 Å². The molecule has 0 saturated heterocycles. The van der Waals surface area contributed by atoms with Crippen LogP contribution in [0.15, 0.2) is 91.0 Å². The predicted molar refractivity (Wildman–Crippen MR) is 250 cm³/mol. The molecule has 370 valence electrons. The number of halogens is 13. The molecule has 0 radical (unpaired) electrons. The lowest BCUT2D eigenvalue weighted by molar-refractivity contribution is -0.144. The van der Waals surface area contributed by atoms with E-state index < -0.39 is 81.0 Å². The topological polar surface area (TPSA) is 21.7 Å². The third-order valence-electron chi connectivity index (χ3n) is 12.8. The van der Waals surface area contributed by atoms with Crippen LogP contribution >= 0.6 is 17.0 Å². The van der Waals surface area contributed by atoms with E-state index in [1.54, 1.807) is 60.6 Å². The second-order valence-electron chi connectivity index (χ2n) is 19.3. The molecule has 0 spiro atoms. The number of benzene rings is 6. The van der Waals surface area contributed by atoms with E-state index in [9.17, 15) is 52.7 Å². The molecule has 0 N–H and O–H groups in total. The monoisotopic (exact) mass is 1040 g/mol. The molecule has 0 fully saturated rings. The number of nitrogens with zero attached hydrogens (tertiary/aromatic N) is 1. The van der Waals surface area contributed by atoms with Gasteiger partial charge in [-0.05, 0) is 123 Å². The number of methoxy groups -OCH3 is 2. The van der Waals surface area contributed by atoms with E-state index in [0.29, 0.717) is 35.4 Å². The van der Waals surface area contributed by atoms with Crippen molar-refractivity contribution in [3.05, 3.63) is 141 Å². The highest BCUT2D eigenvalue weighted by Crippen LogP contribution is 2.57.